The Morgan fingerprint density at radius 2 is 1.08 bits per heavy atom. The number of hydrogen-bond acceptors (Lipinski definition) is 10. The van der Waals surface area contributed by atoms with E-state index in [1.165, 1.54) is 16.7 Å². The van der Waals surface area contributed by atoms with Crippen molar-refractivity contribution in [1.29, 1.82) is 0 Å². The summed E-state index contributed by atoms with van der Waals surface area (Å²) in [5, 5.41) is 25.5. The van der Waals surface area contributed by atoms with Gasteiger partial charge in [0.1, 0.15) is 5.82 Å². The van der Waals surface area contributed by atoms with Crippen molar-refractivity contribution in [3.8, 4) is 0 Å². The first kappa shape index (κ1) is 40.1. The van der Waals surface area contributed by atoms with Gasteiger partial charge in [-0.1, -0.05) is 90.1 Å². The topological polar surface area (TPSA) is 169 Å². The van der Waals surface area contributed by atoms with Gasteiger partial charge in [0.2, 0.25) is 0 Å². The fraction of sp³-hybridized carbons (Fsp3) is 0.444. The zero-order valence-electron chi connectivity index (χ0n) is 31.3. The minimum Gasteiger partial charge on any atom is -0.413 e. The van der Waals surface area contributed by atoms with Gasteiger partial charge in [0, 0.05) is 24.1 Å². The van der Waals surface area contributed by atoms with Crippen LogP contribution < -0.4 is 16.4 Å². The summed E-state index contributed by atoms with van der Waals surface area (Å²) in [5.41, 5.74) is 20.4. The Kier molecular flexibility index (Phi) is 14.1. The molecule has 0 aliphatic heterocycles. The minimum absolute atomic E-state index is 0.212. The highest BCUT2D eigenvalue weighted by atomic mass is 28.4. The Hall–Kier alpha value is -4.34. The highest BCUT2D eigenvalue weighted by Crippen LogP contribution is 2.38. The largest absolute Gasteiger partial charge is 0.413 e. The quantitative estimate of drug-likeness (QED) is 0.0528. The lowest BCUT2D eigenvalue weighted by Gasteiger charge is -2.36. The second-order valence-corrected chi connectivity index (χ2v) is 24.9. The van der Waals surface area contributed by atoms with Crippen molar-refractivity contribution in [3.63, 3.8) is 0 Å². The second-order valence-electron chi connectivity index (χ2n) is 15.3. The van der Waals surface area contributed by atoms with Crippen molar-refractivity contribution in [2.45, 2.75) is 104 Å². The van der Waals surface area contributed by atoms with Crippen LogP contribution in [-0.2, 0) is 35.2 Å². The molecule has 12 nitrogen and oxygen atoms in total. The summed E-state index contributed by atoms with van der Waals surface area (Å²) in [6.45, 7) is 25.3. The van der Waals surface area contributed by atoms with Gasteiger partial charge < -0.3 is 25.2 Å². The van der Waals surface area contributed by atoms with E-state index in [9.17, 15) is 0 Å². The van der Waals surface area contributed by atoms with Crippen molar-refractivity contribution in [1.82, 2.24) is 20.4 Å². The van der Waals surface area contributed by atoms with Crippen LogP contribution in [0.15, 0.2) is 78.2 Å². The molecule has 0 saturated heterocycles. The maximum Gasteiger partial charge on any atom is 0.192 e. The van der Waals surface area contributed by atoms with E-state index in [-0.39, 0.29) is 15.9 Å². The molecule has 4 N–H and O–H groups in total. The first-order valence-electron chi connectivity index (χ1n) is 16.8. The third kappa shape index (κ3) is 12.8. The molecular formula is C36H54N10O2Si2. The Labute approximate surface area is 299 Å². The van der Waals surface area contributed by atoms with Gasteiger partial charge in [-0.25, -0.2) is 0 Å². The Morgan fingerprint density at radius 1 is 0.680 bits per heavy atom. The van der Waals surface area contributed by atoms with Gasteiger partial charge in [-0.2, -0.15) is 10.2 Å². The summed E-state index contributed by atoms with van der Waals surface area (Å²) in [6, 6.07) is 20.3. The molecule has 2 aromatic carbocycles. The van der Waals surface area contributed by atoms with E-state index >= 15 is 0 Å². The van der Waals surface area contributed by atoms with E-state index < -0.39 is 16.6 Å². The van der Waals surface area contributed by atoms with Crippen molar-refractivity contribution in [2.24, 2.45) is 5.11 Å². The summed E-state index contributed by atoms with van der Waals surface area (Å²) in [6.07, 6.45) is 3.26. The molecule has 0 atom stereocenters. The lowest BCUT2D eigenvalue weighted by molar-refractivity contribution is 0.276. The molecule has 0 amide bonds. The number of nitrogens with one attached hydrogen (secondary N) is 2. The van der Waals surface area contributed by atoms with E-state index in [0.29, 0.717) is 32.1 Å². The average Bonchev–Trinajstić information content (AvgIpc) is 3.05. The maximum absolute atomic E-state index is 8.45. The second kappa shape index (κ2) is 17.5. The van der Waals surface area contributed by atoms with E-state index in [1.54, 1.807) is 24.5 Å². The van der Waals surface area contributed by atoms with Crippen LogP contribution in [0, 0.1) is 0 Å². The molecule has 4 aromatic rings. The lowest BCUT2D eigenvalue weighted by atomic mass is 10.1. The van der Waals surface area contributed by atoms with Crippen molar-refractivity contribution < 1.29 is 8.85 Å². The van der Waals surface area contributed by atoms with Crippen molar-refractivity contribution in [2.75, 3.05) is 16.4 Å². The fourth-order valence-corrected chi connectivity index (χ4v) is 5.82. The molecule has 14 heteroatoms. The standard InChI is InChI=1S/C18H26N6OSi.C18H28N4OSi/c1-18(2,3)26(4,5)25-13-15-8-6-14(7-9-15)11-20-16-10-17(23-24-19)22-21-12-16;1-18(2,3)24(4,5)23-13-15-8-6-14(7-9-15)11-20-16-10-17(19)22-21-12-16/h6-10,12H,11,13H2,1-5H3,(H,20,22);6-10,12H,11,13H2,1-5H3,(H3,19,20,22). The first-order valence-corrected chi connectivity index (χ1v) is 22.6. The van der Waals surface area contributed by atoms with Crippen molar-refractivity contribution >= 4 is 39.6 Å². The van der Waals surface area contributed by atoms with Crippen LogP contribution in [0.1, 0.15) is 63.8 Å². The average molecular weight is 715 g/mol. The molecule has 0 saturated carbocycles. The zero-order chi connectivity index (χ0) is 37.0. The molecule has 50 heavy (non-hydrogen) atoms. The van der Waals surface area contributed by atoms with Gasteiger partial charge in [-0.05, 0) is 75.2 Å². The smallest absolute Gasteiger partial charge is 0.192 e. The maximum atomic E-state index is 8.45. The van der Waals surface area contributed by atoms with Crippen LogP contribution in [0.4, 0.5) is 23.0 Å². The third-order valence-corrected chi connectivity index (χ3v) is 18.3. The van der Waals surface area contributed by atoms with Gasteiger partial charge in [-0.15, -0.1) is 10.2 Å². The number of azide groups is 1. The molecule has 0 unspecified atom stereocenters. The summed E-state index contributed by atoms with van der Waals surface area (Å²) in [4.78, 5) is 2.71. The predicted molar refractivity (Wildman–Crippen MR) is 209 cm³/mol. The highest BCUT2D eigenvalue weighted by molar-refractivity contribution is 6.74. The SMILES string of the molecule is CC(C)(C)[Si](C)(C)OCc1ccc(CNc2cnnc(N)c2)cc1.CC(C)(C)[Si](C)(C)OCc1ccc(CNc2cnnc(N=[N+]=[N-])c2)cc1. The molecule has 4 rings (SSSR count). The molecule has 2 aromatic heterocycles. The summed E-state index contributed by atoms with van der Waals surface area (Å²) >= 11 is 0. The van der Waals surface area contributed by atoms with Gasteiger partial charge in [0.05, 0.1) is 37.0 Å². The molecule has 0 aliphatic rings. The summed E-state index contributed by atoms with van der Waals surface area (Å²) in [7, 11) is -3.44. The zero-order valence-corrected chi connectivity index (χ0v) is 33.3. The Morgan fingerprint density at radius 3 is 1.48 bits per heavy atom. The molecule has 0 spiro atoms. The molecule has 268 valence electrons. The first-order chi connectivity index (χ1) is 23.4. The van der Waals surface area contributed by atoms with Crippen LogP contribution in [0.3, 0.4) is 0 Å². The van der Waals surface area contributed by atoms with Crippen LogP contribution in [0.5, 0.6) is 0 Å². The Balaban J connectivity index is 0.000000271. The number of nitrogen functional groups attached to an aromatic ring is 1. The van der Waals surface area contributed by atoms with Gasteiger partial charge in [0.15, 0.2) is 22.5 Å². The van der Waals surface area contributed by atoms with E-state index in [0.717, 1.165) is 16.9 Å². The lowest BCUT2D eigenvalue weighted by Crippen LogP contribution is -2.40. The molecule has 0 fully saturated rings. The van der Waals surface area contributed by atoms with E-state index in [4.69, 9.17) is 20.1 Å². The van der Waals surface area contributed by atoms with E-state index in [2.05, 4.69) is 157 Å². The monoisotopic (exact) mass is 714 g/mol. The van der Waals surface area contributed by atoms with E-state index in [1.807, 2.05) is 0 Å². The predicted octanol–water partition coefficient (Wildman–Crippen LogP) is 9.74. The Bertz CT molecular complexity index is 1700. The van der Waals surface area contributed by atoms with Gasteiger partial charge in [-0.3, -0.25) is 0 Å². The molecule has 0 bridgehead atoms. The summed E-state index contributed by atoms with van der Waals surface area (Å²) < 4.78 is 12.5. The molecule has 0 aliphatic carbocycles. The van der Waals surface area contributed by atoms with Crippen LogP contribution in [0.2, 0.25) is 36.3 Å². The summed E-state index contributed by atoms with van der Waals surface area (Å²) in [5.74, 6) is 0.661. The highest BCUT2D eigenvalue weighted by Gasteiger charge is 2.37. The molecular weight excluding hydrogens is 661 g/mol. The fourth-order valence-electron chi connectivity index (χ4n) is 3.90. The molecule has 2 heterocycles. The molecule has 0 radical (unpaired) electrons. The van der Waals surface area contributed by atoms with Gasteiger partial charge in [0.25, 0.3) is 0 Å². The van der Waals surface area contributed by atoms with Crippen molar-refractivity contribution in [3.05, 3.63) is 106 Å². The number of benzene rings is 2. The number of hydrogen-bond donors (Lipinski definition) is 3. The normalized spacial score (nSPS) is 12.0. The number of rotatable bonds is 13. The minimum atomic E-state index is -1.73. The van der Waals surface area contributed by atoms with Crippen LogP contribution in [0.25, 0.3) is 10.4 Å². The van der Waals surface area contributed by atoms with Crippen LogP contribution in [-0.4, -0.2) is 37.0 Å². The van der Waals surface area contributed by atoms with Gasteiger partial charge >= 0.3 is 0 Å². The third-order valence-electron chi connectivity index (χ3n) is 9.31. The van der Waals surface area contributed by atoms with Crippen LogP contribution >= 0.6 is 0 Å². The number of nitrogens with zero attached hydrogens (tertiary/aromatic N) is 7. The number of anilines is 3. The number of nitrogens with two attached hydrogens (primary N) is 1. The number of aromatic nitrogens is 4.